The Morgan fingerprint density at radius 1 is 1.25 bits per heavy atom. The number of hydrogen-bond acceptors (Lipinski definition) is 4. The quantitative estimate of drug-likeness (QED) is 0.783. The van der Waals surface area contributed by atoms with Crippen LogP contribution in [-0.2, 0) is 11.3 Å². The molecule has 1 aromatic heterocycles. The molecule has 0 aliphatic rings. The van der Waals surface area contributed by atoms with Gasteiger partial charge in [-0.25, -0.2) is 0 Å². The van der Waals surface area contributed by atoms with E-state index in [1.165, 1.54) is 0 Å². The van der Waals surface area contributed by atoms with Crippen LogP contribution >= 0.6 is 27.3 Å². The molecule has 0 radical (unpaired) electrons. The minimum Gasteiger partial charge on any atom is -0.493 e. The fourth-order valence-electron chi connectivity index (χ4n) is 1.55. The van der Waals surface area contributed by atoms with Crippen LogP contribution in [0.4, 0.5) is 5.69 Å². The van der Waals surface area contributed by atoms with Gasteiger partial charge in [0.2, 0.25) is 5.91 Å². The van der Waals surface area contributed by atoms with E-state index in [0.717, 1.165) is 8.66 Å². The van der Waals surface area contributed by atoms with Gasteiger partial charge in [0.1, 0.15) is 5.75 Å². The summed E-state index contributed by atoms with van der Waals surface area (Å²) in [5, 5.41) is 2.86. The van der Waals surface area contributed by atoms with Crippen LogP contribution in [0.2, 0.25) is 0 Å². The van der Waals surface area contributed by atoms with E-state index in [1.54, 1.807) is 35.6 Å². The second-order valence-electron chi connectivity index (χ2n) is 4.15. The molecule has 0 fully saturated rings. The smallest absolute Gasteiger partial charge is 0.223 e. The highest BCUT2D eigenvalue weighted by molar-refractivity contribution is 9.11. The highest BCUT2D eigenvalue weighted by Gasteiger charge is 2.03. The second-order valence-corrected chi connectivity index (χ2v) is 6.70. The van der Waals surface area contributed by atoms with Crippen LogP contribution in [0.5, 0.6) is 5.75 Å². The molecule has 0 spiro atoms. The first-order valence-corrected chi connectivity index (χ1v) is 7.74. The lowest BCUT2D eigenvalue weighted by Gasteiger charge is -2.07. The first-order valence-electron chi connectivity index (χ1n) is 6.13. The van der Waals surface area contributed by atoms with Crippen LogP contribution in [0, 0.1) is 0 Å². The molecule has 0 aliphatic carbocycles. The van der Waals surface area contributed by atoms with Gasteiger partial charge < -0.3 is 15.8 Å². The van der Waals surface area contributed by atoms with Gasteiger partial charge in [0.15, 0.2) is 0 Å². The molecule has 6 heteroatoms. The third kappa shape index (κ3) is 4.86. The van der Waals surface area contributed by atoms with Crippen molar-refractivity contribution in [3.05, 3.63) is 45.1 Å². The minimum atomic E-state index is -0.0232. The van der Waals surface area contributed by atoms with Gasteiger partial charge in [-0.1, -0.05) is 0 Å². The zero-order chi connectivity index (χ0) is 14.4. The Morgan fingerprint density at radius 3 is 2.65 bits per heavy atom. The maximum Gasteiger partial charge on any atom is 0.223 e. The number of rotatable bonds is 6. The monoisotopic (exact) mass is 354 g/mol. The molecular weight excluding hydrogens is 340 g/mol. The van der Waals surface area contributed by atoms with Crippen LogP contribution < -0.4 is 15.8 Å². The summed E-state index contributed by atoms with van der Waals surface area (Å²) >= 11 is 5.00. The van der Waals surface area contributed by atoms with Crippen molar-refractivity contribution in [1.29, 1.82) is 0 Å². The van der Waals surface area contributed by atoms with Gasteiger partial charge in [0.25, 0.3) is 0 Å². The standard InChI is InChI=1S/C14H15BrN2O2S/c15-13-6-5-12(20-13)9-17-14(18)7-8-19-11-3-1-10(16)2-4-11/h1-6H,7-9,16H2,(H,17,18). The number of nitrogens with one attached hydrogen (secondary N) is 1. The first kappa shape index (κ1) is 14.9. The number of ether oxygens (including phenoxy) is 1. The molecule has 0 aliphatic heterocycles. The van der Waals surface area contributed by atoms with Crippen LogP contribution in [0.25, 0.3) is 0 Å². The predicted octanol–water partition coefficient (Wildman–Crippen LogP) is 3.18. The third-order valence-electron chi connectivity index (χ3n) is 2.57. The zero-order valence-electron chi connectivity index (χ0n) is 10.8. The van der Waals surface area contributed by atoms with E-state index >= 15 is 0 Å². The Kier molecular flexibility index (Phi) is 5.43. The lowest BCUT2D eigenvalue weighted by Crippen LogP contribution is -2.23. The van der Waals surface area contributed by atoms with Gasteiger partial charge in [0, 0.05) is 10.6 Å². The van der Waals surface area contributed by atoms with Crippen LogP contribution in [0.1, 0.15) is 11.3 Å². The fourth-order valence-corrected chi connectivity index (χ4v) is 2.97. The molecule has 4 nitrogen and oxygen atoms in total. The minimum absolute atomic E-state index is 0.0232. The summed E-state index contributed by atoms with van der Waals surface area (Å²) in [5.74, 6) is 0.694. The first-order chi connectivity index (χ1) is 9.63. The Labute approximate surface area is 130 Å². The lowest BCUT2D eigenvalue weighted by atomic mass is 10.3. The van der Waals surface area contributed by atoms with E-state index in [9.17, 15) is 4.79 Å². The molecule has 0 unspecified atom stereocenters. The van der Waals surface area contributed by atoms with Gasteiger partial charge in [-0.05, 0) is 52.3 Å². The number of thiophene rings is 1. The van der Waals surface area contributed by atoms with Crippen LogP contribution in [0.15, 0.2) is 40.2 Å². The molecule has 0 saturated heterocycles. The Bertz CT molecular complexity index is 569. The Hall–Kier alpha value is -1.53. The maximum atomic E-state index is 11.6. The Balaban J connectivity index is 1.66. The summed E-state index contributed by atoms with van der Waals surface area (Å²) in [6.07, 6.45) is 0.330. The van der Waals surface area contributed by atoms with Gasteiger partial charge in [0.05, 0.1) is 23.4 Å². The largest absolute Gasteiger partial charge is 0.493 e. The van der Waals surface area contributed by atoms with E-state index in [2.05, 4.69) is 21.2 Å². The van der Waals surface area contributed by atoms with Crippen molar-refractivity contribution in [2.24, 2.45) is 0 Å². The number of hydrogen-bond donors (Lipinski definition) is 2. The van der Waals surface area contributed by atoms with E-state index < -0.39 is 0 Å². The summed E-state index contributed by atoms with van der Waals surface area (Å²) in [6, 6.07) is 11.1. The number of amides is 1. The fraction of sp³-hybridized carbons (Fsp3) is 0.214. The summed E-state index contributed by atoms with van der Waals surface area (Å²) < 4.78 is 6.53. The highest BCUT2D eigenvalue weighted by Crippen LogP contribution is 2.21. The van der Waals surface area contributed by atoms with Crippen LogP contribution in [0.3, 0.4) is 0 Å². The molecular formula is C14H15BrN2O2S. The molecule has 3 N–H and O–H groups in total. The van der Waals surface area contributed by atoms with Gasteiger partial charge in [-0.3, -0.25) is 4.79 Å². The van der Waals surface area contributed by atoms with Crippen molar-refractivity contribution in [3.63, 3.8) is 0 Å². The summed E-state index contributed by atoms with van der Waals surface area (Å²) in [5.41, 5.74) is 6.27. The topological polar surface area (TPSA) is 64.3 Å². The molecule has 1 heterocycles. The van der Waals surface area contributed by atoms with Crippen LogP contribution in [-0.4, -0.2) is 12.5 Å². The molecule has 20 heavy (non-hydrogen) atoms. The maximum absolute atomic E-state index is 11.6. The van der Waals surface area contributed by atoms with Crippen molar-refractivity contribution in [2.75, 3.05) is 12.3 Å². The molecule has 2 rings (SSSR count). The SMILES string of the molecule is Nc1ccc(OCCC(=O)NCc2ccc(Br)s2)cc1. The molecule has 0 atom stereocenters. The second kappa shape index (κ2) is 7.31. The summed E-state index contributed by atoms with van der Waals surface area (Å²) in [7, 11) is 0. The third-order valence-corrected chi connectivity index (χ3v) is 4.19. The van der Waals surface area contributed by atoms with E-state index in [-0.39, 0.29) is 5.91 Å². The van der Waals surface area contributed by atoms with Gasteiger partial charge >= 0.3 is 0 Å². The molecule has 1 amide bonds. The Morgan fingerprint density at radius 2 is 2.00 bits per heavy atom. The molecule has 106 valence electrons. The van der Waals surface area contributed by atoms with E-state index in [0.29, 0.717) is 31.0 Å². The summed E-state index contributed by atoms with van der Waals surface area (Å²) in [6.45, 7) is 0.904. The zero-order valence-corrected chi connectivity index (χ0v) is 13.2. The number of carbonyl (C=O) groups excluding carboxylic acids is 1. The molecule has 0 bridgehead atoms. The number of nitrogen functional groups attached to an aromatic ring is 1. The normalized spacial score (nSPS) is 10.2. The number of halogens is 1. The number of anilines is 1. The number of carbonyl (C=O) groups is 1. The van der Waals surface area contributed by atoms with E-state index in [4.69, 9.17) is 10.5 Å². The van der Waals surface area contributed by atoms with Gasteiger partial charge in [-0.15, -0.1) is 11.3 Å². The van der Waals surface area contributed by atoms with Gasteiger partial charge in [-0.2, -0.15) is 0 Å². The average molecular weight is 355 g/mol. The predicted molar refractivity (Wildman–Crippen MR) is 84.8 cm³/mol. The highest BCUT2D eigenvalue weighted by atomic mass is 79.9. The molecule has 0 saturated carbocycles. The van der Waals surface area contributed by atoms with Crippen molar-refractivity contribution in [3.8, 4) is 5.75 Å². The number of nitrogens with two attached hydrogens (primary N) is 1. The number of benzene rings is 1. The van der Waals surface area contributed by atoms with E-state index in [1.807, 2.05) is 12.1 Å². The van der Waals surface area contributed by atoms with Crippen molar-refractivity contribution < 1.29 is 9.53 Å². The van der Waals surface area contributed by atoms with Crippen molar-refractivity contribution >= 4 is 38.9 Å². The molecule has 1 aromatic carbocycles. The average Bonchev–Trinajstić information content (AvgIpc) is 2.85. The van der Waals surface area contributed by atoms with Crippen molar-refractivity contribution in [1.82, 2.24) is 5.32 Å². The molecule has 2 aromatic rings. The lowest BCUT2D eigenvalue weighted by molar-refractivity contribution is -0.121. The van der Waals surface area contributed by atoms with Crippen molar-refractivity contribution in [2.45, 2.75) is 13.0 Å². The summed E-state index contributed by atoms with van der Waals surface area (Å²) in [4.78, 5) is 12.8.